The van der Waals surface area contributed by atoms with Crippen LogP contribution in [-0.2, 0) is 0 Å². The van der Waals surface area contributed by atoms with Crippen LogP contribution in [0.1, 0.15) is 52.1 Å². The minimum absolute atomic E-state index is 0.0257. The summed E-state index contributed by atoms with van der Waals surface area (Å²) in [6.07, 6.45) is 1.84. The molecule has 0 unspecified atom stereocenters. The first-order valence-electron chi connectivity index (χ1n) is 12.8. The SMILES string of the molecule is COc1cc(C(=O)C[C@H](CCCCN)C(=O)c2ccc(OC)c(-c3ccc(F)c(C)c3)n2)ccc1OCCO. The first kappa shape index (κ1) is 29.7. The Morgan fingerprint density at radius 1 is 1.00 bits per heavy atom. The van der Waals surface area contributed by atoms with Crippen LogP contribution in [0.15, 0.2) is 48.5 Å². The number of ketones is 2. The second kappa shape index (κ2) is 14.4. The molecule has 0 aliphatic rings. The number of nitrogens with zero attached hydrogens (tertiary/aromatic N) is 1. The van der Waals surface area contributed by atoms with E-state index >= 15 is 0 Å². The Morgan fingerprint density at radius 3 is 2.41 bits per heavy atom. The maximum Gasteiger partial charge on any atom is 0.184 e. The summed E-state index contributed by atoms with van der Waals surface area (Å²) in [4.78, 5) is 31.6. The zero-order valence-corrected chi connectivity index (χ0v) is 22.5. The van der Waals surface area contributed by atoms with Gasteiger partial charge in [0.05, 0.1) is 20.8 Å². The molecule has 0 radical (unpaired) electrons. The molecule has 1 heterocycles. The number of carbonyl (C=O) groups is 2. The van der Waals surface area contributed by atoms with E-state index in [0.717, 1.165) is 6.42 Å². The van der Waals surface area contributed by atoms with Gasteiger partial charge in [-0.3, -0.25) is 9.59 Å². The number of ether oxygens (including phenoxy) is 3. The number of methoxy groups -OCH3 is 2. The van der Waals surface area contributed by atoms with Crippen molar-refractivity contribution in [2.75, 3.05) is 34.0 Å². The van der Waals surface area contributed by atoms with Gasteiger partial charge in [-0.1, -0.05) is 6.42 Å². The van der Waals surface area contributed by atoms with E-state index < -0.39 is 5.92 Å². The average Bonchev–Trinajstić information content (AvgIpc) is 2.96. The number of aliphatic hydroxyl groups excluding tert-OH is 1. The minimum atomic E-state index is -0.621. The van der Waals surface area contributed by atoms with Gasteiger partial charge in [0.1, 0.15) is 29.6 Å². The Balaban J connectivity index is 1.90. The summed E-state index contributed by atoms with van der Waals surface area (Å²) in [5.41, 5.74) is 7.73. The number of benzene rings is 2. The molecule has 1 atom stereocenters. The predicted molar refractivity (Wildman–Crippen MR) is 146 cm³/mol. The molecule has 0 aliphatic heterocycles. The molecule has 8 nitrogen and oxygen atoms in total. The third kappa shape index (κ3) is 7.61. The van der Waals surface area contributed by atoms with Crippen LogP contribution in [0, 0.1) is 18.7 Å². The Hall–Kier alpha value is -3.82. The van der Waals surface area contributed by atoms with Crippen molar-refractivity contribution in [1.82, 2.24) is 4.98 Å². The highest BCUT2D eigenvalue weighted by atomic mass is 19.1. The van der Waals surface area contributed by atoms with E-state index in [1.54, 1.807) is 49.4 Å². The standard InChI is InChI=1S/C30H35FN2O6/c1-19-16-21(7-9-23(19)31)29-27(37-2)12-10-24(33-29)30(36)22(6-4-5-13-32)17-25(35)20-8-11-26(39-15-14-34)28(18-20)38-3/h7-12,16,18,22,34H,4-6,13-15,17,32H2,1-3H3/t22-/m0/s1. The van der Waals surface area contributed by atoms with Crippen molar-refractivity contribution in [2.45, 2.75) is 32.6 Å². The third-order valence-corrected chi connectivity index (χ3v) is 6.41. The molecular weight excluding hydrogens is 503 g/mol. The third-order valence-electron chi connectivity index (χ3n) is 6.41. The van der Waals surface area contributed by atoms with Crippen LogP contribution in [0.4, 0.5) is 4.39 Å². The lowest BCUT2D eigenvalue weighted by Gasteiger charge is -2.17. The quantitative estimate of drug-likeness (QED) is 0.209. The first-order chi connectivity index (χ1) is 18.8. The van der Waals surface area contributed by atoms with Crippen LogP contribution in [0.25, 0.3) is 11.3 Å². The molecule has 0 spiro atoms. The van der Waals surface area contributed by atoms with E-state index in [9.17, 15) is 14.0 Å². The van der Waals surface area contributed by atoms with Gasteiger partial charge in [-0.15, -0.1) is 0 Å². The second-order valence-electron chi connectivity index (χ2n) is 9.12. The van der Waals surface area contributed by atoms with E-state index in [2.05, 4.69) is 4.98 Å². The molecule has 1 aromatic heterocycles. The van der Waals surface area contributed by atoms with E-state index in [4.69, 9.17) is 25.1 Å². The molecule has 0 saturated carbocycles. The number of aromatic nitrogens is 1. The van der Waals surface area contributed by atoms with Gasteiger partial charge >= 0.3 is 0 Å². The molecule has 0 saturated heterocycles. The summed E-state index contributed by atoms with van der Waals surface area (Å²) < 4.78 is 30.1. The van der Waals surface area contributed by atoms with Crippen LogP contribution >= 0.6 is 0 Å². The summed E-state index contributed by atoms with van der Waals surface area (Å²) in [7, 11) is 2.96. The number of hydrogen-bond acceptors (Lipinski definition) is 8. The van der Waals surface area contributed by atoms with Crippen LogP contribution < -0.4 is 19.9 Å². The normalized spacial score (nSPS) is 11.6. The smallest absolute Gasteiger partial charge is 0.184 e. The van der Waals surface area contributed by atoms with Crippen molar-refractivity contribution in [3.63, 3.8) is 0 Å². The first-order valence-corrected chi connectivity index (χ1v) is 12.8. The lowest BCUT2D eigenvalue weighted by Crippen LogP contribution is -2.21. The highest BCUT2D eigenvalue weighted by Crippen LogP contribution is 2.32. The van der Waals surface area contributed by atoms with Crippen molar-refractivity contribution in [3.8, 4) is 28.5 Å². The van der Waals surface area contributed by atoms with E-state index in [-0.39, 0.29) is 42.7 Å². The van der Waals surface area contributed by atoms with Gasteiger partial charge in [0, 0.05) is 23.5 Å². The molecule has 0 aliphatic carbocycles. The van der Waals surface area contributed by atoms with Crippen molar-refractivity contribution in [1.29, 1.82) is 0 Å². The van der Waals surface area contributed by atoms with Gasteiger partial charge in [-0.05, 0) is 80.4 Å². The molecule has 9 heteroatoms. The number of rotatable bonds is 15. The number of hydrogen-bond donors (Lipinski definition) is 2. The van der Waals surface area contributed by atoms with Crippen molar-refractivity contribution < 1.29 is 33.3 Å². The number of aryl methyl sites for hydroxylation is 1. The highest BCUT2D eigenvalue weighted by molar-refractivity contribution is 6.03. The molecule has 3 N–H and O–H groups in total. The number of unbranched alkanes of at least 4 members (excludes halogenated alkanes) is 1. The monoisotopic (exact) mass is 538 g/mol. The van der Waals surface area contributed by atoms with Crippen molar-refractivity contribution in [2.24, 2.45) is 11.7 Å². The van der Waals surface area contributed by atoms with Crippen molar-refractivity contribution in [3.05, 3.63) is 71.2 Å². The summed E-state index contributed by atoms with van der Waals surface area (Å²) in [6.45, 7) is 2.07. The number of pyridine rings is 1. The molecule has 3 rings (SSSR count). The van der Waals surface area contributed by atoms with E-state index in [1.807, 2.05) is 0 Å². The Kier molecular flexibility index (Phi) is 11.0. The molecule has 208 valence electrons. The Labute approximate surface area is 227 Å². The Morgan fingerprint density at radius 2 is 1.74 bits per heavy atom. The predicted octanol–water partition coefficient (Wildman–Crippen LogP) is 4.79. The van der Waals surface area contributed by atoms with Gasteiger partial charge in [-0.25, -0.2) is 9.37 Å². The summed E-state index contributed by atoms with van der Waals surface area (Å²) in [6, 6.07) is 12.6. The van der Waals surface area contributed by atoms with Crippen LogP contribution in [0.2, 0.25) is 0 Å². The number of carbonyl (C=O) groups excluding carboxylic acids is 2. The second-order valence-corrected chi connectivity index (χ2v) is 9.12. The number of halogens is 1. The van der Waals surface area contributed by atoms with E-state index in [0.29, 0.717) is 59.0 Å². The number of aliphatic hydroxyl groups is 1. The van der Waals surface area contributed by atoms with Gasteiger partial charge < -0.3 is 25.1 Å². The molecule has 0 bridgehead atoms. The maximum atomic E-state index is 13.9. The molecule has 0 amide bonds. The molecular formula is C30H35FN2O6. The summed E-state index contributed by atoms with van der Waals surface area (Å²) in [5.74, 6) is -0.240. The van der Waals surface area contributed by atoms with Crippen LogP contribution in [-0.4, -0.2) is 55.6 Å². The molecule has 2 aromatic carbocycles. The maximum absolute atomic E-state index is 13.9. The van der Waals surface area contributed by atoms with E-state index in [1.165, 1.54) is 20.3 Å². The Bertz CT molecular complexity index is 1300. The zero-order chi connectivity index (χ0) is 28.4. The summed E-state index contributed by atoms with van der Waals surface area (Å²) in [5, 5.41) is 9.02. The van der Waals surface area contributed by atoms with Gasteiger partial charge in [-0.2, -0.15) is 0 Å². The fourth-order valence-electron chi connectivity index (χ4n) is 4.27. The lowest BCUT2D eigenvalue weighted by atomic mass is 9.88. The fourth-order valence-corrected chi connectivity index (χ4v) is 4.27. The topological polar surface area (TPSA) is 121 Å². The van der Waals surface area contributed by atoms with Crippen molar-refractivity contribution >= 4 is 11.6 Å². The van der Waals surface area contributed by atoms with Gasteiger partial charge in [0.15, 0.2) is 23.1 Å². The largest absolute Gasteiger partial charge is 0.494 e. The average molecular weight is 539 g/mol. The summed E-state index contributed by atoms with van der Waals surface area (Å²) >= 11 is 0. The lowest BCUT2D eigenvalue weighted by molar-refractivity contribution is 0.0840. The van der Waals surface area contributed by atoms with Gasteiger partial charge in [0.2, 0.25) is 0 Å². The van der Waals surface area contributed by atoms with Crippen LogP contribution in [0.5, 0.6) is 17.2 Å². The minimum Gasteiger partial charge on any atom is -0.494 e. The molecule has 3 aromatic rings. The number of nitrogens with two attached hydrogens (primary N) is 1. The molecule has 0 fully saturated rings. The zero-order valence-electron chi connectivity index (χ0n) is 22.5. The number of Topliss-reactive ketones (excluding diaryl/α,β-unsaturated/α-hetero) is 2. The fraction of sp³-hybridized carbons (Fsp3) is 0.367. The highest BCUT2D eigenvalue weighted by Gasteiger charge is 2.26. The molecule has 39 heavy (non-hydrogen) atoms. The van der Waals surface area contributed by atoms with Gasteiger partial charge in [0.25, 0.3) is 0 Å². The van der Waals surface area contributed by atoms with Crippen LogP contribution in [0.3, 0.4) is 0 Å².